The van der Waals surface area contributed by atoms with Crippen LogP contribution in [0.5, 0.6) is 0 Å². The Balaban J connectivity index is 2.19. The number of ether oxygens (including phenoxy) is 1. The maximum absolute atomic E-state index is 9.51. The fourth-order valence-electron chi connectivity index (χ4n) is 1.63. The van der Waals surface area contributed by atoms with Gasteiger partial charge in [0.25, 0.3) is 0 Å². The number of hydrogen-bond acceptors (Lipinski definition) is 2. The zero-order chi connectivity index (χ0) is 12.5. The van der Waals surface area contributed by atoms with Gasteiger partial charge in [-0.2, -0.15) is 0 Å². The Labute approximate surface area is 104 Å². The van der Waals surface area contributed by atoms with Crippen LogP contribution in [0.2, 0.25) is 0 Å². The van der Waals surface area contributed by atoms with Gasteiger partial charge >= 0.3 is 0 Å². The average molecular weight is 232 g/mol. The molecule has 0 aliphatic carbocycles. The van der Waals surface area contributed by atoms with Gasteiger partial charge in [-0.15, -0.1) is 5.92 Å². The Hall–Kier alpha value is -1.30. The highest BCUT2D eigenvalue weighted by Crippen LogP contribution is 2.08. The van der Waals surface area contributed by atoms with Gasteiger partial charge < -0.3 is 9.84 Å². The molecule has 0 fully saturated rings. The van der Waals surface area contributed by atoms with E-state index in [1.54, 1.807) is 6.92 Å². The summed E-state index contributed by atoms with van der Waals surface area (Å²) in [6.45, 7) is 5.07. The van der Waals surface area contributed by atoms with Crippen LogP contribution in [0.4, 0.5) is 0 Å². The highest BCUT2D eigenvalue weighted by molar-refractivity contribution is 5.13. The average Bonchev–Trinajstić information content (AvgIpc) is 2.30. The monoisotopic (exact) mass is 232 g/mol. The molecule has 2 unspecified atom stereocenters. The summed E-state index contributed by atoms with van der Waals surface area (Å²) in [7, 11) is 0. The summed E-state index contributed by atoms with van der Waals surface area (Å²) in [6, 6.07) is 10.1. The Morgan fingerprint density at radius 1 is 1.29 bits per heavy atom. The summed E-state index contributed by atoms with van der Waals surface area (Å²) in [5.41, 5.74) is 1.17. The molecule has 0 saturated carbocycles. The van der Waals surface area contributed by atoms with Crippen molar-refractivity contribution in [3.63, 3.8) is 0 Å². The van der Waals surface area contributed by atoms with Gasteiger partial charge in [0.1, 0.15) is 6.10 Å². The number of rotatable bonds is 6. The van der Waals surface area contributed by atoms with E-state index in [-0.39, 0.29) is 0 Å². The van der Waals surface area contributed by atoms with E-state index in [0.29, 0.717) is 25.6 Å². The first-order chi connectivity index (χ1) is 8.22. The van der Waals surface area contributed by atoms with Crippen LogP contribution in [-0.2, 0) is 11.3 Å². The molecule has 1 aromatic carbocycles. The van der Waals surface area contributed by atoms with Crippen molar-refractivity contribution in [2.75, 3.05) is 6.61 Å². The molecule has 1 N–H and O–H groups in total. The van der Waals surface area contributed by atoms with E-state index in [1.165, 1.54) is 5.56 Å². The standard InChI is InChI=1S/C15H20O2/c1-3-7-15(16)10-13(2)11-17-12-14-8-5-4-6-9-14/h4-6,8-9,13,15-16H,10-12H2,1-2H3. The summed E-state index contributed by atoms with van der Waals surface area (Å²) in [5, 5.41) is 9.51. The molecule has 0 spiro atoms. The van der Waals surface area contributed by atoms with Gasteiger partial charge in [0, 0.05) is 6.61 Å². The normalized spacial score (nSPS) is 13.6. The molecule has 0 aromatic heterocycles. The largest absolute Gasteiger partial charge is 0.380 e. The SMILES string of the molecule is CC#CC(O)CC(C)COCc1ccccc1. The Morgan fingerprint density at radius 2 is 2.00 bits per heavy atom. The van der Waals surface area contributed by atoms with Gasteiger partial charge in [-0.25, -0.2) is 0 Å². The van der Waals surface area contributed by atoms with Gasteiger partial charge in [0.2, 0.25) is 0 Å². The predicted molar refractivity (Wildman–Crippen MR) is 69.3 cm³/mol. The molecule has 0 aliphatic heterocycles. The van der Waals surface area contributed by atoms with Crippen molar-refractivity contribution in [1.29, 1.82) is 0 Å². The first-order valence-corrected chi connectivity index (χ1v) is 5.94. The van der Waals surface area contributed by atoms with E-state index >= 15 is 0 Å². The molecule has 2 atom stereocenters. The van der Waals surface area contributed by atoms with Crippen LogP contribution in [0.15, 0.2) is 30.3 Å². The Kier molecular flexibility index (Phi) is 6.39. The summed E-state index contributed by atoms with van der Waals surface area (Å²) < 4.78 is 5.60. The number of hydrogen-bond donors (Lipinski definition) is 1. The lowest BCUT2D eigenvalue weighted by Crippen LogP contribution is -2.14. The van der Waals surface area contributed by atoms with Crippen LogP contribution in [-0.4, -0.2) is 17.8 Å². The Morgan fingerprint density at radius 3 is 2.65 bits per heavy atom. The van der Waals surface area contributed by atoms with Gasteiger partial charge in [0.15, 0.2) is 0 Å². The lowest BCUT2D eigenvalue weighted by molar-refractivity contribution is 0.0757. The summed E-state index contributed by atoms with van der Waals surface area (Å²) in [4.78, 5) is 0. The van der Waals surface area contributed by atoms with Crippen molar-refractivity contribution in [2.24, 2.45) is 5.92 Å². The number of benzene rings is 1. The predicted octanol–water partition coefficient (Wildman–Crippen LogP) is 2.61. The van der Waals surface area contributed by atoms with Crippen molar-refractivity contribution in [3.8, 4) is 11.8 Å². The second-order valence-electron chi connectivity index (χ2n) is 4.25. The molecule has 1 rings (SSSR count). The van der Waals surface area contributed by atoms with Crippen LogP contribution < -0.4 is 0 Å². The van der Waals surface area contributed by atoms with Crippen molar-refractivity contribution < 1.29 is 9.84 Å². The quantitative estimate of drug-likeness (QED) is 0.764. The second-order valence-corrected chi connectivity index (χ2v) is 4.25. The summed E-state index contributed by atoms with van der Waals surface area (Å²) in [6.07, 6.45) is 0.130. The van der Waals surface area contributed by atoms with Crippen LogP contribution in [0.3, 0.4) is 0 Å². The second kappa shape index (κ2) is 7.89. The van der Waals surface area contributed by atoms with Crippen LogP contribution in [0.25, 0.3) is 0 Å². The van der Waals surface area contributed by atoms with Gasteiger partial charge in [-0.1, -0.05) is 43.2 Å². The van der Waals surface area contributed by atoms with Crippen molar-refractivity contribution >= 4 is 0 Å². The van der Waals surface area contributed by atoms with Gasteiger partial charge in [-0.05, 0) is 24.8 Å². The molecule has 0 amide bonds. The van der Waals surface area contributed by atoms with Crippen LogP contribution in [0, 0.1) is 17.8 Å². The molecule has 1 aromatic rings. The Bertz CT molecular complexity index is 362. The third-order valence-electron chi connectivity index (χ3n) is 2.45. The third-order valence-corrected chi connectivity index (χ3v) is 2.45. The lowest BCUT2D eigenvalue weighted by Gasteiger charge is -2.13. The highest BCUT2D eigenvalue weighted by atomic mass is 16.5. The van der Waals surface area contributed by atoms with Crippen molar-refractivity contribution in [3.05, 3.63) is 35.9 Å². The first kappa shape index (κ1) is 13.8. The summed E-state index contributed by atoms with van der Waals surface area (Å²) >= 11 is 0. The molecule has 2 nitrogen and oxygen atoms in total. The third kappa shape index (κ3) is 6.11. The molecule has 2 heteroatoms. The fourth-order valence-corrected chi connectivity index (χ4v) is 1.63. The lowest BCUT2D eigenvalue weighted by atomic mass is 10.1. The smallest absolute Gasteiger partial charge is 0.115 e. The molecule has 17 heavy (non-hydrogen) atoms. The molecule has 92 valence electrons. The minimum atomic E-state index is -0.532. The first-order valence-electron chi connectivity index (χ1n) is 5.94. The summed E-state index contributed by atoms with van der Waals surface area (Å²) in [5.74, 6) is 5.76. The highest BCUT2D eigenvalue weighted by Gasteiger charge is 2.08. The molecule has 0 radical (unpaired) electrons. The topological polar surface area (TPSA) is 29.5 Å². The molecule has 0 heterocycles. The maximum atomic E-state index is 9.51. The van der Waals surface area contributed by atoms with E-state index in [1.807, 2.05) is 30.3 Å². The number of aliphatic hydroxyl groups is 1. The molecule has 0 saturated heterocycles. The van der Waals surface area contributed by atoms with Crippen molar-refractivity contribution in [1.82, 2.24) is 0 Å². The molecular formula is C15H20O2. The van der Waals surface area contributed by atoms with Crippen molar-refractivity contribution in [2.45, 2.75) is 33.0 Å². The van der Waals surface area contributed by atoms with Crippen LogP contribution >= 0.6 is 0 Å². The van der Waals surface area contributed by atoms with Gasteiger partial charge in [0.05, 0.1) is 6.61 Å². The zero-order valence-electron chi connectivity index (χ0n) is 10.5. The van der Waals surface area contributed by atoms with E-state index < -0.39 is 6.10 Å². The molecule has 0 bridgehead atoms. The van der Waals surface area contributed by atoms with E-state index in [9.17, 15) is 5.11 Å². The van der Waals surface area contributed by atoms with Gasteiger partial charge in [-0.3, -0.25) is 0 Å². The molecule has 0 aliphatic rings. The maximum Gasteiger partial charge on any atom is 0.115 e. The van der Waals surface area contributed by atoms with E-state index in [2.05, 4.69) is 18.8 Å². The fraction of sp³-hybridized carbons (Fsp3) is 0.467. The zero-order valence-corrected chi connectivity index (χ0v) is 10.5. The number of aliphatic hydroxyl groups excluding tert-OH is 1. The van der Waals surface area contributed by atoms with E-state index in [4.69, 9.17) is 4.74 Å². The molecular weight excluding hydrogens is 212 g/mol. The minimum Gasteiger partial charge on any atom is -0.380 e. The van der Waals surface area contributed by atoms with Crippen LogP contribution in [0.1, 0.15) is 25.8 Å². The van der Waals surface area contributed by atoms with E-state index in [0.717, 1.165) is 0 Å². The minimum absolute atomic E-state index is 0.314.